The minimum atomic E-state index is 0.635. The first-order chi connectivity index (χ1) is 5.81. The third-order valence-corrected chi connectivity index (χ3v) is 3.06. The summed E-state index contributed by atoms with van der Waals surface area (Å²) in [5.74, 6) is 0.635. The maximum absolute atomic E-state index is 5.08. The van der Waals surface area contributed by atoms with Crippen LogP contribution in [-0.2, 0) is 0 Å². The van der Waals surface area contributed by atoms with E-state index < -0.39 is 0 Å². The number of nitrogens with zero attached hydrogens (tertiary/aromatic N) is 2. The zero-order valence-electron chi connectivity index (χ0n) is 6.24. The van der Waals surface area contributed by atoms with Crippen molar-refractivity contribution in [2.45, 2.75) is 0 Å². The van der Waals surface area contributed by atoms with Crippen molar-refractivity contribution in [1.82, 2.24) is 9.97 Å². The summed E-state index contributed by atoms with van der Waals surface area (Å²) in [6.45, 7) is 0. The Balaban J connectivity index is 2.78. The largest absolute Gasteiger partial charge is 0.480 e. The van der Waals surface area contributed by atoms with Gasteiger partial charge in [0, 0.05) is 0 Å². The average Bonchev–Trinajstić information content (AvgIpc) is 2.44. The molecule has 0 aliphatic heterocycles. The summed E-state index contributed by atoms with van der Waals surface area (Å²) >= 11 is 4.95. The number of fused-ring (bicyclic) bond motifs is 1. The fourth-order valence-electron chi connectivity index (χ4n) is 0.949. The summed E-state index contributed by atoms with van der Waals surface area (Å²) in [7, 11) is 1.61. The highest BCUT2D eigenvalue weighted by atomic mass is 79.9. The van der Waals surface area contributed by atoms with Gasteiger partial charge in [-0.05, 0) is 22.0 Å². The summed E-state index contributed by atoms with van der Waals surface area (Å²) < 4.78 is 7.10. The Morgan fingerprint density at radius 2 is 2.33 bits per heavy atom. The molecule has 3 nitrogen and oxygen atoms in total. The van der Waals surface area contributed by atoms with Crippen molar-refractivity contribution >= 4 is 37.5 Å². The number of thiophene rings is 1. The number of halogens is 1. The predicted molar refractivity (Wildman–Crippen MR) is 51.7 cm³/mol. The predicted octanol–water partition coefficient (Wildman–Crippen LogP) is 2.46. The number of hydrogen-bond acceptors (Lipinski definition) is 4. The van der Waals surface area contributed by atoms with E-state index in [0.717, 1.165) is 14.0 Å². The van der Waals surface area contributed by atoms with Crippen LogP contribution in [0.1, 0.15) is 0 Å². The lowest BCUT2D eigenvalue weighted by Crippen LogP contribution is -1.87. The molecule has 2 aromatic heterocycles. The van der Waals surface area contributed by atoms with Crippen LogP contribution in [0.3, 0.4) is 0 Å². The molecule has 0 aliphatic rings. The normalized spacial score (nSPS) is 10.5. The minimum absolute atomic E-state index is 0.635. The number of ether oxygens (including phenoxy) is 1. The molecule has 0 N–H and O–H groups in total. The molecule has 12 heavy (non-hydrogen) atoms. The monoisotopic (exact) mass is 244 g/mol. The quantitative estimate of drug-likeness (QED) is 0.774. The molecule has 5 heteroatoms. The Morgan fingerprint density at radius 1 is 1.50 bits per heavy atom. The molecule has 2 aromatic rings. The minimum Gasteiger partial charge on any atom is -0.480 e. The number of hydrogen-bond donors (Lipinski definition) is 0. The molecule has 0 fully saturated rings. The molecular formula is C7H5BrN2OS. The molecule has 0 amide bonds. The topological polar surface area (TPSA) is 35.0 Å². The van der Waals surface area contributed by atoms with Crippen LogP contribution in [-0.4, -0.2) is 17.1 Å². The first-order valence-electron chi connectivity index (χ1n) is 3.25. The standard InChI is InChI=1S/C7H5BrN2OS/c1-11-7-6-4(9-3-10-7)2-5(8)12-6/h2-3H,1H3. The van der Waals surface area contributed by atoms with Crippen molar-refractivity contribution in [2.24, 2.45) is 0 Å². The van der Waals surface area contributed by atoms with E-state index in [1.54, 1.807) is 18.4 Å². The van der Waals surface area contributed by atoms with Gasteiger partial charge in [0.1, 0.15) is 11.0 Å². The second kappa shape index (κ2) is 2.99. The third kappa shape index (κ3) is 1.19. The Labute approximate surface area is 81.5 Å². The third-order valence-electron chi connectivity index (χ3n) is 1.44. The average molecular weight is 245 g/mol. The molecule has 0 radical (unpaired) electrons. The van der Waals surface area contributed by atoms with Crippen molar-refractivity contribution in [1.29, 1.82) is 0 Å². The first kappa shape index (κ1) is 7.94. The molecule has 2 rings (SSSR count). The molecule has 0 bridgehead atoms. The van der Waals surface area contributed by atoms with Crippen LogP contribution in [0.5, 0.6) is 5.88 Å². The molecule has 2 heterocycles. The van der Waals surface area contributed by atoms with Crippen LogP contribution < -0.4 is 4.74 Å². The van der Waals surface area contributed by atoms with Crippen molar-refractivity contribution in [2.75, 3.05) is 7.11 Å². The van der Waals surface area contributed by atoms with Crippen molar-refractivity contribution in [3.05, 3.63) is 16.2 Å². The van der Waals surface area contributed by atoms with Crippen LogP contribution in [0.25, 0.3) is 10.2 Å². The smallest absolute Gasteiger partial charge is 0.234 e. The summed E-state index contributed by atoms with van der Waals surface area (Å²) in [6, 6.07) is 1.95. The van der Waals surface area contributed by atoms with Gasteiger partial charge in [-0.1, -0.05) is 0 Å². The van der Waals surface area contributed by atoms with E-state index in [1.807, 2.05) is 6.07 Å². The fraction of sp³-hybridized carbons (Fsp3) is 0.143. The second-order valence-corrected chi connectivity index (χ2v) is 4.58. The molecule has 0 aromatic carbocycles. The first-order valence-corrected chi connectivity index (χ1v) is 4.86. The second-order valence-electron chi connectivity index (χ2n) is 2.15. The number of aromatic nitrogens is 2. The molecule has 0 saturated carbocycles. The highest BCUT2D eigenvalue weighted by Gasteiger charge is 2.06. The lowest BCUT2D eigenvalue weighted by molar-refractivity contribution is 0.403. The van der Waals surface area contributed by atoms with E-state index >= 15 is 0 Å². The maximum atomic E-state index is 5.08. The molecule has 0 aliphatic carbocycles. The Kier molecular flexibility index (Phi) is 1.98. The molecule has 0 spiro atoms. The molecule has 0 unspecified atom stereocenters. The Hall–Kier alpha value is -0.680. The van der Waals surface area contributed by atoms with Gasteiger partial charge in [-0.2, -0.15) is 0 Å². The fourth-order valence-corrected chi connectivity index (χ4v) is 2.46. The van der Waals surface area contributed by atoms with Gasteiger partial charge in [-0.25, -0.2) is 9.97 Å². The zero-order valence-corrected chi connectivity index (χ0v) is 8.65. The van der Waals surface area contributed by atoms with Gasteiger partial charge in [0.2, 0.25) is 5.88 Å². The van der Waals surface area contributed by atoms with E-state index in [9.17, 15) is 0 Å². The SMILES string of the molecule is COc1ncnc2cc(Br)sc12. The summed E-state index contributed by atoms with van der Waals surface area (Å²) in [5.41, 5.74) is 0.915. The molecule has 62 valence electrons. The van der Waals surface area contributed by atoms with Gasteiger partial charge in [0.25, 0.3) is 0 Å². The Morgan fingerprint density at radius 3 is 3.08 bits per heavy atom. The molecular weight excluding hydrogens is 240 g/mol. The molecule has 0 saturated heterocycles. The van der Waals surface area contributed by atoms with Gasteiger partial charge in [0.15, 0.2) is 0 Å². The van der Waals surface area contributed by atoms with Crippen LogP contribution >= 0.6 is 27.3 Å². The number of rotatable bonds is 1. The van der Waals surface area contributed by atoms with Gasteiger partial charge >= 0.3 is 0 Å². The van der Waals surface area contributed by atoms with Crippen LogP contribution in [0.2, 0.25) is 0 Å². The van der Waals surface area contributed by atoms with Crippen molar-refractivity contribution < 1.29 is 4.74 Å². The van der Waals surface area contributed by atoms with Crippen LogP contribution in [0, 0.1) is 0 Å². The maximum Gasteiger partial charge on any atom is 0.234 e. The summed E-state index contributed by atoms with van der Waals surface area (Å²) in [5, 5.41) is 0. The zero-order chi connectivity index (χ0) is 8.55. The summed E-state index contributed by atoms with van der Waals surface area (Å²) in [6.07, 6.45) is 1.50. The van der Waals surface area contributed by atoms with E-state index in [2.05, 4.69) is 25.9 Å². The highest BCUT2D eigenvalue weighted by molar-refractivity contribution is 9.11. The van der Waals surface area contributed by atoms with E-state index in [0.29, 0.717) is 5.88 Å². The lowest BCUT2D eigenvalue weighted by Gasteiger charge is -1.96. The highest BCUT2D eigenvalue weighted by Crippen LogP contribution is 2.32. The van der Waals surface area contributed by atoms with Gasteiger partial charge < -0.3 is 4.74 Å². The number of methoxy groups -OCH3 is 1. The van der Waals surface area contributed by atoms with Gasteiger partial charge in [-0.15, -0.1) is 11.3 Å². The van der Waals surface area contributed by atoms with Crippen molar-refractivity contribution in [3.8, 4) is 5.88 Å². The van der Waals surface area contributed by atoms with Crippen molar-refractivity contribution in [3.63, 3.8) is 0 Å². The van der Waals surface area contributed by atoms with E-state index in [1.165, 1.54) is 6.33 Å². The van der Waals surface area contributed by atoms with Crippen LogP contribution in [0.15, 0.2) is 16.2 Å². The van der Waals surface area contributed by atoms with Gasteiger partial charge in [-0.3, -0.25) is 0 Å². The van der Waals surface area contributed by atoms with Crippen LogP contribution in [0.4, 0.5) is 0 Å². The lowest BCUT2D eigenvalue weighted by atomic mass is 10.5. The summed E-state index contributed by atoms with van der Waals surface area (Å²) in [4.78, 5) is 8.09. The molecule has 0 atom stereocenters. The Bertz CT molecular complexity index is 415. The van der Waals surface area contributed by atoms with E-state index in [-0.39, 0.29) is 0 Å². The van der Waals surface area contributed by atoms with E-state index in [4.69, 9.17) is 4.74 Å². The van der Waals surface area contributed by atoms with Gasteiger partial charge in [0.05, 0.1) is 16.4 Å².